The monoisotopic (exact) mass is 328 g/mol. The molecule has 0 aliphatic carbocycles. The van der Waals surface area contributed by atoms with Gasteiger partial charge in [-0.05, 0) is 48.9 Å². The van der Waals surface area contributed by atoms with Crippen molar-refractivity contribution >= 4 is 0 Å². The lowest BCUT2D eigenvalue weighted by Crippen LogP contribution is -1.88. The van der Waals surface area contributed by atoms with Crippen molar-refractivity contribution in [3.8, 4) is 11.4 Å². The first-order chi connectivity index (χ1) is 11.8. The molecule has 2 nitrogen and oxygen atoms in total. The summed E-state index contributed by atoms with van der Waals surface area (Å²) in [6.07, 6.45) is 20.1. The molecular weight excluding hydrogens is 292 g/mol. The topological polar surface area (TPSA) is 31.6 Å². The largest absolute Gasteiger partial charge is 0.360 e. The number of aryl methyl sites for hydroxylation is 2. The molecule has 2 heterocycles. The average molecular weight is 329 g/mol. The minimum atomic E-state index is 1.19. The van der Waals surface area contributed by atoms with E-state index in [-0.39, 0.29) is 0 Å². The van der Waals surface area contributed by atoms with Crippen LogP contribution >= 0.6 is 0 Å². The second-order valence-electron chi connectivity index (χ2n) is 7.13. The SMILES string of the molecule is CCCCCCCc1c[nH]c(-c2[nH]ccc2CCCCCCC)c1. The Balaban J connectivity index is 1.80. The average Bonchev–Trinajstić information content (AvgIpc) is 3.23. The molecule has 2 rings (SSSR count). The third-order valence-electron chi connectivity index (χ3n) is 4.96. The lowest BCUT2D eigenvalue weighted by atomic mass is 10.0. The highest BCUT2D eigenvalue weighted by molar-refractivity contribution is 5.60. The van der Waals surface area contributed by atoms with Crippen molar-refractivity contribution in [3.05, 3.63) is 35.7 Å². The summed E-state index contributed by atoms with van der Waals surface area (Å²) in [6.45, 7) is 4.55. The highest BCUT2D eigenvalue weighted by Crippen LogP contribution is 2.24. The molecule has 0 radical (unpaired) electrons. The Morgan fingerprint density at radius 1 is 0.750 bits per heavy atom. The molecule has 0 saturated heterocycles. The number of hydrogen-bond donors (Lipinski definition) is 2. The Morgan fingerprint density at radius 3 is 2.12 bits per heavy atom. The second kappa shape index (κ2) is 11.2. The van der Waals surface area contributed by atoms with Gasteiger partial charge < -0.3 is 9.97 Å². The summed E-state index contributed by atoms with van der Waals surface area (Å²) >= 11 is 0. The fourth-order valence-corrected chi connectivity index (χ4v) is 3.44. The molecule has 24 heavy (non-hydrogen) atoms. The van der Waals surface area contributed by atoms with Crippen LogP contribution in [0.15, 0.2) is 24.5 Å². The maximum Gasteiger partial charge on any atom is 0.0652 e. The van der Waals surface area contributed by atoms with Crippen molar-refractivity contribution in [1.82, 2.24) is 9.97 Å². The molecule has 2 N–H and O–H groups in total. The summed E-state index contributed by atoms with van der Waals surface area (Å²) in [7, 11) is 0. The van der Waals surface area contributed by atoms with Gasteiger partial charge in [-0.1, -0.05) is 65.2 Å². The van der Waals surface area contributed by atoms with Gasteiger partial charge in [0.05, 0.1) is 11.4 Å². The first-order valence-corrected chi connectivity index (χ1v) is 10.2. The van der Waals surface area contributed by atoms with Crippen molar-refractivity contribution in [1.29, 1.82) is 0 Å². The fraction of sp³-hybridized carbons (Fsp3) is 0.636. The standard InChI is InChI=1S/C22H36N2/c1-3-5-7-9-11-13-19-17-21(24-18-19)22-20(15-16-23-22)14-12-10-8-6-4-2/h15-18,23-24H,3-14H2,1-2H3. The Kier molecular flexibility index (Phi) is 8.80. The van der Waals surface area contributed by atoms with E-state index in [9.17, 15) is 0 Å². The number of aromatic amines is 2. The number of unbranched alkanes of at least 4 members (excludes halogenated alkanes) is 8. The molecule has 0 unspecified atom stereocenters. The molecule has 0 amide bonds. The van der Waals surface area contributed by atoms with E-state index in [1.54, 1.807) is 0 Å². The number of hydrogen-bond acceptors (Lipinski definition) is 0. The predicted octanol–water partition coefficient (Wildman–Crippen LogP) is 7.04. The summed E-state index contributed by atoms with van der Waals surface area (Å²) < 4.78 is 0. The van der Waals surface area contributed by atoms with Gasteiger partial charge >= 0.3 is 0 Å². The highest BCUT2D eigenvalue weighted by Gasteiger charge is 2.08. The van der Waals surface area contributed by atoms with E-state index in [4.69, 9.17) is 0 Å². The molecule has 0 bridgehead atoms. The van der Waals surface area contributed by atoms with Gasteiger partial charge in [0, 0.05) is 12.4 Å². The van der Waals surface area contributed by atoms with Gasteiger partial charge in [0.15, 0.2) is 0 Å². The Labute approximate surface area is 148 Å². The summed E-state index contributed by atoms with van der Waals surface area (Å²) in [6, 6.07) is 4.59. The first kappa shape index (κ1) is 18.9. The maximum absolute atomic E-state index is 3.48. The van der Waals surface area contributed by atoms with Crippen LogP contribution in [0.25, 0.3) is 11.4 Å². The lowest BCUT2D eigenvalue weighted by molar-refractivity contribution is 0.632. The van der Waals surface area contributed by atoms with Gasteiger partial charge in [-0.15, -0.1) is 0 Å². The van der Waals surface area contributed by atoms with Crippen molar-refractivity contribution in [2.75, 3.05) is 0 Å². The summed E-state index contributed by atoms with van der Waals surface area (Å²) in [5, 5.41) is 0. The summed E-state index contributed by atoms with van der Waals surface area (Å²) in [5.41, 5.74) is 5.46. The van der Waals surface area contributed by atoms with Crippen LogP contribution in [-0.2, 0) is 12.8 Å². The van der Waals surface area contributed by atoms with E-state index >= 15 is 0 Å². The minimum absolute atomic E-state index is 1.19. The zero-order chi connectivity index (χ0) is 17.0. The van der Waals surface area contributed by atoms with Crippen LogP contribution in [0.1, 0.15) is 89.2 Å². The van der Waals surface area contributed by atoms with E-state index in [1.807, 2.05) is 0 Å². The number of aromatic nitrogens is 2. The van der Waals surface area contributed by atoms with Crippen LogP contribution < -0.4 is 0 Å². The molecular formula is C22H36N2. The van der Waals surface area contributed by atoms with E-state index in [0.29, 0.717) is 0 Å². The van der Waals surface area contributed by atoms with Crippen LogP contribution in [0.5, 0.6) is 0 Å². The lowest BCUT2D eigenvalue weighted by Gasteiger charge is -2.03. The smallest absolute Gasteiger partial charge is 0.0652 e. The van der Waals surface area contributed by atoms with Gasteiger partial charge in [-0.3, -0.25) is 0 Å². The van der Waals surface area contributed by atoms with Crippen LogP contribution in [0.4, 0.5) is 0 Å². The number of rotatable bonds is 13. The normalized spacial score (nSPS) is 11.2. The fourth-order valence-electron chi connectivity index (χ4n) is 3.44. The summed E-state index contributed by atoms with van der Waals surface area (Å²) in [5.74, 6) is 0. The minimum Gasteiger partial charge on any atom is -0.360 e. The van der Waals surface area contributed by atoms with Gasteiger partial charge in [0.25, 0.3) is 0 Å². The molecule has 0 spiro atoms. The van der Waals surface area contributed by atoms with Crippen molar-refractivity contribution < 1.29 is 0 Å². The van der Waals surface area contributed by atoms with E-state index in [1.165, 1.54) is 99.6 Å². The third-order valence-corrected chi connectivity index (χ3v) is 4.96. The van der Waals surface area contributed by atoms with Gasteiger partial charge in [0.2, 0.25) is 0 Å². The summed E-state index contributed by atoms with van der Waals surface area (Å²) in [4.78, 5) is 6.92. The highest BCUT2D eigenvalue weighted by atomic mass is 14.8. The van der Waals surface area contributed by atoms with Crippen LogP contribution in [0, 0.1) is 0 Å². The molecule has 2 aromatic rings. The van der Waals surface area contributed by atoms with E-state index in [2.05, 4.69) is 48.3 Å². The molecule has 0 aliphatic rings. The molecule has 0 atom stereocenters. The van der Waals surface area contributed by atoms with E-state index < -0.39 is 0 Å². The van der Waals surface area contributed by atoms with Gasteiger partial charge in [-0.25, -0.2) is 0 Å². The predicted molar refractivity (Wildman–Crippen MR) is 106 cm³/mol. The van der Waals surface area contributed by atoms with E-state index in [0.717, 1.165) is 0 Å². The van der Waals surface area contributed by atoms with Crippen LogP contribution in [0.2, 0.25) is 0 Å². The molecule has 0 fully saturated rings. The number of H-pyrrole nitrogens is 2. The molecule has 0 aliphatic heterocycles. The van der Waals surface area contributed by atoms with Crippen LogP contribution in [-0.4, -0.2) is 9.97 Å². The quantitative estimate of drug-likeness (QED) is 0.370. The van der Waals surface area contributed by atoms with Gasteiger partial charge in [0.1, 0.15) is 0 Å². The van der Waals surface area contributed by atoms with Crippen molar-refractivity contribution in [3.63, 3.8) is 0 Å². The Morgan fingerprint density at radius 2 is 1.42 bits per heavy atom. The second-order valence-corrected chi connectivity index (χ2v) is 7.13. The number of nitrogens with one attached hydrogen (secondary N) is 2. The third kappa shape index (κ3) is 6.22. The molecule has 134 valence electrons. The van der Waals surface area contributed by atoms with Gasteiger partial charge in [-0.2, -0.15) is 0 Å². The van der Waals surface area contributed by atoms with Crippen LogP contribution in [0.3, 0.4) is 0 Å². The van der Waals surface area contributed by atoms with Crippen molar-refractivity contribution in [2.24, 2.45) is 0 Å². The molecule has 2 heteroatoms. The Bertz CT molecular complexity index is 550. The Hall–Kier alpha value is -1.44. The molecule has 0 aromatic carbocycles. The maximum atomic E-state index is 3.48. The zero-order valence-corrected chi connectivity index (χ0v) is 15.8. The zero-order valence-electron chi connectivity index (χ0n) is 15.8. The first-order valence-electron chi connectivity index (χ1n) is 10.2. The van der Waals surface area contributed by atoms with Crippen molar-refractivity contribution in [2.45, 2.75) is 90.9 Å². The molecule has 2 aromatic heterocycles. The molecule has 0 saturated carbocycles.